The number of allylic oxidation sites excluding steroid dienone is 1. The van der Waals surface area contributed by atoms with Crippen molar-refractivity contribution >= 4 is 28.5 Å². The maximum absolute atomic E-state index is 13.1. The fourth-order valence-electron chi connectivity index (χ4n) is 3.47. The van der Waals surface area contributed by atoms with Crippen LogP contribution in [0.4, 0.5) is 0 Å². The molecule has 0 fully saturated rings. The summed E-state index contributed by atoms with van der Waals surface area (Å²) in [6.45, 7) is 4.37. The Labute approximate surface area is 149 Å². The van der Waals surface area contributed by atoms with Crippen molar-refractivity contribution in [2.75, 3.05) is 0 Å². The molecule has 0 aromatic heterocycles. The lowest BCUT2D eigenvalue weighted by molar-refractivity contribution is 0.217. The standard InChI is InChI=1S/C20H20O3PSi/c1-25(2)19-13-16-9-5-6-10-18(16)20(19)23-24(21,22)17-11-14-7-3-4-8-15(14)12-17/h3-11,13,20H,12H2,1-2H3,(H,21,22). The zero-order chi connectivity index (χ0) is 17.6. The monoisotopic (exact) mass is 367 g/mol. The molecule has 2 atom stereocenters. The first-order valence-corrected chi connectivity index (χ1v) is 12.4. The van der Waals surface area contributed by atoms with Gasteiger partial charge in [-0.05, 0) is 33.5 Å². The molecule has 0 bridgehead atoms. The molecule has 127 valence electrons. The third-order valence-electron chi connectivity index (χ3n) is 4.81. The quantitative estimate of drug-likeness (QED) is 0.595. The molecule has 4 rings (SSSR count). The highest BCUT2D eigenvalue weighted by molar-refractivity contribution is 7.57. The van der Waals surface area contributed by atoms with E-state index in [4.69, 9.17) is 4.52 Å². The molecule has 0 saturated heterocycles. The molecule has 0 spiro atoms. The van der Waals surface area contributed by atoms with E-state index < -0.39 is 22.5 Å². The van der Waals surface area contributed by atoms with E-state index >= 15 is 0 Å². The minimum Gasteiger partial charge on any atom is -0.321 e. The minimum atomic E-state index is -3.87. The lowest BCUT2D eigenvalue weighted by Crippen LogP contribution is -2.14. The Kier molecular flexibility index (Phi) is 4.17. The Bertz CT molecular complexity index is 945. The van der Waals surface area contributed by atoms with Crippen molar-refractivity contribution in [3.8, 4) is 0 Å². The average molecular weight is 367 g/mol. The number of hydrogen-bond acceptors (Lipinski definition) is 2. The van der Waals surface area contributed by atoms with E-state index in [0.717, 1.165) is 27.5 Å². The Morgan fingerprint density at radius 3 is 2.44 bits per heavy atom. The van der Waals surface area contributed by atoms with Gasteiger partial charge < -0.3 is 4.89 Å². The van der Waals surface area contributed by atoms with Crippen molar-refractivity contribution in [2.45, 2.75) is 25.6 Å². The van der Waals surface area contributed by atoms with Crippen LogP contribution in [0.2, 0.25) is 13.1 Å². The Hall–Kier alpha value is -1.71. The van der Waals surface area contributed by atoms with Crippen LogP contribution in [0.5, 0.6) is 0 Å². The van der Waals surface area contributed by atoms with Crippen LogP contribution in [0.1, 0.15) is 28.4 Å². The lowest BCUT2D eigenvalue weighted by atomic mass is 10.1. The maximum Gasteiger partial charge on any atom is 0.356 e. The third kappa shape index (κ3) is 3.00. The molecular formula is C20H20O3PSi. The van der Waals surface area contributed by atoms with Crippen molar-refractivity contribution in [3.63, 3.8) is 0 Å². The molecule has 3 nitrogen and oxygen atoms in total. The second kappa shape index (κ2) is 6.22. The van der Waals surface area contributed by atoms with E-state index in [9.17, 15) is 9.46 Å². The van der Waals surface area contributed by atoms with Crippen LogP contribution in [0.25, 0.3) is 12.2 Å². The summed E-state index contributed by atoms with van der Waals surface area (Å²) >= 11 is 0. The number of rotatable bonds is 4. The van der Waals surface area contributed by atoms with E-state index in [1.807, 2.05) is 54.6 Å². The van der Waals surface area contributed by atoms with Crippen LogP contribution < -0.4 is 0 Å². The highest BCUT2D eigenvalue weighted by atomic mass is 31.2. The Morgan fingerprint density at radius 1 is 1.04 bits per heavy atom. The Morgan fingerprint density at radius 2 is 1.72 bits per heavy atom. The van der Waals surface area contributed by atoms with E-state index in [1.165, 1.54) is 0 Å². The molecule has 0 heterocycles. The number of benzene rings is 2. The number of hydrogen-bond donors (Lipinski definition) is 1. The van der Waals surface area contributed by atoms with Crippen LogP contribution in [0.3, 0.4) is 0 Å². The summed E-state index contributed by atoms with van der Waals surface area (Å²) in [5, 5.41) is 1.63. The zero-order valence-electron chi connectivity index (χ0n) is 14.3. The van der Waals surface area contributed by atoms with Gasteiger partial charge in [0.15, 0.2) is 0 Å². The fourth-order valence-corrected chi connectivity index (χ4v) is 6.07. The summed E-state index contributed by atoms with van der Waals surface area (Å²) in [6, 6.07) is 15.8. The van der Waals surface area contributed by atoms with Crippen LogP contribution in [-0.2, 0) is 15.5 Å². The fraction of sp³-hybridized carbons (Fsp3) is 0.200. The smallest absolute Gasteiger partial charge is 0.321 e. The van der Waals surface area contributed by atoms with Gasteiger partial charge in [-0.25, -0.2) is 0 Å². The van der Waals surface area contributed by atoms with Crippen molar-refractivity contribution in [3.05, 3.63) is 81.3 Å². The molecule has 2 aliphatic carbocycles. The van der Waals surface area contributed by atoms with Gasteiger partial charge in [0.2, 0.25) is 0 Å². The van der Waals surface area contributed by atoms with Gasteiger partial charge in [0, 0.05) is 11.7 Å². The normalized spacial score (nSPS) is 20.7. The van der Waals surface area contributed by atoms with Crippen LogP contribution >= 0.6 is 7.60 Å². The van der Waals surface area contributed by atoms with Gasteiger partial charge in [-0.2, -0.15) is 0 Å². The van der Waals surface area contributed by atoms with E-state index in [0.29, 0.717) is 11.7 Å². The lowest BCUT2D eigenvalue weighted by Gasteiger charge is -2.23. The minimum absolute atomic E-state index is 0.416. The van der Waals surface area contributed by atoms with Gasteiger partial charge in [-0.15, -0.1) is 0 Å². The molecule has 0 aliphatic heterocycles. The predicted molar refractivity (Wildman–Crippen MR) is 104 cm³/mol. The first-order chi connectivity index (χ1) is 12.0. The second-order valence-corrected chi connectivity index (χ2v) is 11.1. The van der Waals surface area contributed by atoms with Crippen molar-refractivity contribution < 1.29 is 14.0 Å². The summed E-state index contributed by atoms with van der Waals surface area (Å²) in [4.78, 5) is 10.7. The van der Waals surface area contributed by atoms with Gasteiger partial charge in [-0.1, -0.05) is 67.7 Å². The largest absolute Gasteiger partial charge is 0.356 e. The van der Waals surface area contributed by atoms with Gasteiger partial charge in [0.05, 0.1) is 8.80 Å². The molecule has 1 N–H and O–H groups in total. The molecule has 2 aromatic rings. The highest BCUT2D eigenvalue weighted by Crippen LogP contribution is 2.60. The zero-order valence-corrected chi connectivity index (χ0v) is 16.2. The maximum atomic E-state index is 13.1. The first-order valence-electron chi connectivity index (χ1n) is 8.37. The summed E-state index contributed by atoms with van der Waals surface area (Å²) in [6.07, 6.45) is 4.00. The molecule has 1 radical (unpaired) electrons. The third-order valence-corrected chi connectivity index (χ3v) is 7.88. The van der Waals surface area contributed by atoms with E-state index in [2.05, 4.69) is 19.2 Å². The molecule has 0 amide bonds. The molecule has 5 heteroatoms. The predicted octanol–water partition coefficient (Wildman–Crippen LogP) is 5.22. The van der Waals surface area contributed by atoms with Gasteiger partial charge in [-0.3, -0.25) is 9.09 Å². The second-order valence-electron chi connectivity index (χ2n) is 6.75. The molecular weight excluding hydrogens is 347 g/mol. The molecule has 2 aromatic carbocycles. The van der Waals surface area contributed by atoms with E-state index in [1.54, 1.807) is 0 Å². The summed E-state index contributed by atoms with van der Waals surface area (Å²) in [7, 11) is -4.66. The summed E-state index contributed by atoms with van der Waals surface area (Å²) in [5.41, 5.74) is 4.17. The summed E-state index contributed by atoms with van der Waals surface area (Å²) in [5.74, 6) is 0. The van der Waals surface area contributed by atoms with Gasteiger partial charge in [0.25, 0.3) is 0 Å². The molecule has 2 unspecified atom stereocenters. The van der Waals surface area contributed by atoms with Crippen molar-refractivity contribution in [2.24, 2.45) is 0 Å². The number of fused-ring (bicyclic) bond motifs is 2. The SMILES string of the molecule is C[Si](C)C1=Cc2ccccc2C1OP(=O)(O)C1=Cc2ccccc2C1. The van der Waals surface area contributed by atoms with Gasteiger partial charge >= 0.3 is 7.60 Å². The summed E-state index contributed by atoms with van der Waals surface area (Å²) < 4.78 is 19.0. The first kappa shape index (κ1) is 16.7. The van der Waals surface area contributed by atoms with Gasteiger partial charge in [0.1, 0.15) is 6.10 Å². The van der Waals surface area contributed by atoms with Crippen molar-refractivity contribution in [1.29, 1.82) is 0 Å². The molecule has 0 saturated carbocycles. The Balaban J connectivity index is 1.65. The van der Waals surface area contributed by atoms with Crippen LogP contribution in [0.15, 0.2) is 59.0 Å². The van der Waals surface area contributed by atoms with Crippen LogP contribution in [0, 0.1) is 0 Å². The van der Waals surface area contributed by atoms with Crippen LogP contribution in [-0.4, -0.2) is 13.7 Å². The topological polar surface area (TPSA) is 46.5 Å². The van der Waals surface area contributed by atoms with E-state index in [-0.39, 0.29) is 0 Å². The van der Waals surface area contributed by atoms with Crippen molar-refractivity contribution in [1.82, 2.24) is 0 Å². The average Bonchev–Trinajstić information content (AvgIpc) is 3.17. The molecule has 2 aliphatic rings. The molecule has 25 heavy (non-hydrogen) atoms. The highest BCUT2D eigenvalue weighted by Gasteiger charge is 2.37.